The predicted octanol–water partition coefficient (Wildman–Crippen LogP) is 5.64. The van der Waals surface area contributed by atoms with Gasteiger partial charge in [0, 0.05) is 74.6 Å². The number of carbonyl (C=O) groups is 3. The van der Waals surface area contributed by atoms with Crippen LogP contribution in [-0.4, -0.2) is 190 Å². The Kier molecular flexibility index (Phi) is 22.7. The maximum Gasteiger partial charge on any atom is 0.341 e. The summed E-state index contributed by atoms with van der Waals surface area (Å²) in [7, 11) is 5.20. The number of oxime groups is 1. The summed E-state index contributed by atoms with van der Waals surface area (Å²) in [6.45, 7) is 20.2. The molecule has 22 nitrogen and oxygen atoms in total. The van der Waals surface area contributed by atoms with Crippen molar-refractivity contribution < 1.29 is 77.9 Å². The molecule has 1 aromatic heterocycles. The Bertz CT molecular complexity index is 2560. The largest absolute Gasteiger partial charge is 0.477 e. The molecule has 458 valence electrons. The topological polar surface area (TPSA) is 288 Å². The Balaban J connectivity index is 1.20. The van der Waals surface area contributed by atoms with Crippen LogP contribution in [0.1, 0.15) is 144 Å². The number of aliphatic hydroxyl groups is 4. The zero-order valence-electron chi connectivity index (χ0n) is 49.8. The Hall–Kier alpha value is -4.04. The van der Waals surface area contributed by atoms with Gasteiger partial charge in [-0.05, 0) is 106 Å². The fourth-order valence-electron chi connectivity index (χ4n) is 12.1. The summed E-state index contributed by atoms with van der Waals surface area (Å²) in [5.74, 6) is -6.10. The molecule has 0 radical (unpaired) electrons. The minimum Gasteiger partial charge on any atom is -0.477 e. The van der Waals surface area contributed by atoms with Crippen LogP contribution in [0.25, 0.3) is 10.9 Å². The average Bonchev–Trinajstić information content (AvgIpc) is 4.42. The van der Waals surface area contributed by atoms with Gasteiger partial charge in [0.1, 0.15) is 35.6 Å². The first kappa shape index (κ1) is 66.1. The van der Waals surface area contributed by atoms with Crippen molar-refractivity contribution in [3.05, 3.63) is 39.1 Å². The number of benzene rings is 1. The SMILES string of the molecule is CCCO/N=C1\[C@H](C)C[C@@](C)(O)[C@H](O[C@@H]2O[C@H](C)C[C@H](N(C)C)[C@H]2O)[C@@H](C)C(O[C@H]2C[C@@](C)(OC)[C@@H](OC(=O)CCNCCNc3cc4c(=O)c(C(=O)O)cn(C5CC5)c4cc3Cl)[C@H](C)O2)[C@@H](C)C(=O)O[C@H](CC)[C@@](C)(O)[C@H](O)[C@H]1C. The smallest absolute Gasteiger partial charge is 0.341 e. The number of cyclic esters (lactones) is 1. The number of nitrogens with one attached hydrogen (secondary N) is 2. The number of anilines is 1. The minimum absolute atomic E-state index is 0.00343. The van der Waals surface area contributed by atoms with Crippen molar-refractivity contribution in [2.75, 3.05) is 52.8 Å². The Morgan fingerprint density at radius 3 is 2.25 bits per heavy atom. The average molecular weight is 1170 g/mol. The molecular formula is C58H92ClN5O17. The van der Waals surface area contributed by atoms with Crippen molar-refractivity contribution in [1.82, 2.24) is 14.8 Å². The third kappa shape index (κ3) is 15.5. The molecule has 0 amide bonds. The Morgan fingerprint density at radius 2 is 1.63 bits per heavy atom. The summed E-state index contributed by atoms with van der Waals surface area (Å²) in [4.78, 5) is 60.9. The number of carboxylic acids is 1. The van der Waals surface area contributed by atoms with Crippen molar-refractivity contribution in [1.29, 1.82) is 0 Å². The van der Waals surface area contributed by atoms with Crippen LogP contribution < -0.4 is 16.1 Å². The fraction of sp³-hybridized carbons (Fsp3) is 0.776. The van der Waals surface area contributed by atoms with Gasteiger partial charge in [0.15, 0.2) is 18.7 Å². The second-order valence-electron chi connectivity index (χ2n) is 24.0. The number of aliphatic hydroxyl groups excluding tert-OH is 2. The molecule has 23 heteroatoms. The Morgan fingerprint density at radius 1 is 0.938 bits per heavy atom. The van der Waals surface area contributed by atoms with E-state index in [9.17, 15) is 44.7 Å². The monoisotopic (exact) mass is 1170 g/mol. The van der Waals surface area contributed by atoms with Gasteiger partial charge in [0.2, 0.25) is 5.43 Å². The molecular weight excluding hydrogens is 1070 g/mol. The molecule has 2 aromatic rings. The summed E-state index contributed by atoms with van der Waals surface area (Å²) in [6.07, 6.45) is -6.32. The van der Waals surface area contributed by atoms with Gasteiger partial charge in [-0.3, -0.25) is 14.4 Å². The molecule has 3 saturated heterocycles. The molecule has 4 fully saturated rings. The van der Waals surface area contributed by atoms with Crippen LogP contribution in [0.5, 0.6) is 0 Å². The van der Waals surface area contributed by atoms with Gasteiger partial charge < -0.3 is 83.6 Å². The number of fused-ring (bicyclic) bond motifs is 1. The van der Waals surface area contributed by atoms with Crippen molar-refractivity contribution in [2.45, 2.75) is 218 Å². The number of halogens is 1. The number of aromatic carboxylic acids is 1. The molecule has 18 atom stereocenters. The molecule has 81 heavy (non-hydrogen) atoms. The molecule has 1 aromatic carbocycles. The molecule has 3 aliphatic heterocycles. The number of carboxylic acid groups (broad SMARTS) is 1. The van der Waals surface area contributed by atoms with Crippen molar-refractivity contribution in [3.8, 4) is 0 Å². The van der Waals surface area contributed by atoms with Gasteiger partial charge in [-0.25, -0.2) is 4.79 Å². The summed E-state index contributed by atoms with van der Waals surface area (Å²) in [5.41, 5.74) is -4.49. The molecule has 4 aliphatic rings. The number of pyridine rings is 1. The third-order valence-electron chi connectivity index (χ3n) is 17.0. The number of carbonyl (C=O) groups excluding carboxylic acids is 2. The second kappa shape index (κ2) is 27.8. The lowest BCUT2D eigenvalue weighted by atomic mass is 9.73. The molecule has 1 saturated carbocycles. The van der Waals surface area contributed by atoms with Crippen LogP contribution >= 0.6 is 11.6 Å². The summed E-state index contributed by atoms with van der Waals surface area (Å²) < 4.78 is 46.8. The maximum absolute atomic E-state index is 14.7. The Labute approximate surface area is 481 Å². The van der Waals surface area contributed by atoms with E-state index in [1.165, 1.54) is 20.2 Å². The lowest BCUT2D eigenvalue weighted by Crippen LogP contribution is -2.61. The first-order valence-corrected chi connectivity index (χ1v) is 29.2. The van der Waals surface area contributed by atoms with Crippen molar-refractivity contribution >= 4 is 51.8 Å². The first-order valence-electron chi connectivity index (χ1n) is 28.8. The van der Waals surface area contributed by atoms with Crippen LogP contribution in [0.2, 0.25) is 5.02 Å². The number of methoxy groups -OCH3 is 1. The number of aromatic nitrogens is 1. The molecule has 4 heterocycles. The highest BCUT2D eigenvalue weighted by atomic mass is 35.5. The number of hydrogen-bond acceptors (Lipinski definition) is 20. The number of ether oxygens (including phenoxy) is 7. The second-order valence-corrected chi connectivity index (χ2v) is 24.4. The molecule has 6 rings (SSSR count). The lowest BCUT2D eigenvalue weighted by Gasteiger charge is -2.49. The predicted molar refractivity (Wildman–Crippen MR) is 303 cm³/mol. The van der Waals surface area contributed by atoms with Gasteiger partial charge in [-0.2, -0.15) is 0 Å². The third-order valence-corrected chi connectivity index (χ3v) is 17.3. The highest BCUT2D eigenvalue weighted by Crippen LogP contribution is 2.43. The quantitative estimate of drug-likeness (QED) is 0.0479. The van der Waals surface area contributed by atoms with Gasteiger partial charge in [0.25, 0.3) is 0 Å². The highest BCUT2D eigenvalue weighted by Gasteiger charge is 2.54. The van der Waals surface area contributed by atoms with E-state index in [-0.39, 0.29) is 68.0 Å². The zero-order valence-corrected chi connectivity index (χ0v) is 50.6. The van der Waals surface area contributed by atoms with Gasteiger partial charge in [-0.1, -0.05) is 51.4 Å². The van der Waals surface area contributed by atoms with Crippen LogP contribution in [0.4, 0.5) is 5.69 Å². The minimum atomic E-state index is -1.99. The summed E-state index contributed by atoms with van der Waals surface area (Å²) >= 11 is 6.64. The van der Waals surface area contributed by atoms with Crippen LogP contribution in [0.3, 0.4) is 0 Å². The molecule has 7 N–H and O–H groups in total. The number of likely N-dealkylation sites (N-methyl/N-ethyl adjacent to an activating group) is 1. The summed E-state index contributed by atoms with van der Waals surface area (Å²) in [5, 5.41) is 70.1. The van der Waals surface area contributed by atoms with E-state index in [4.69, 9.17) is 49.6 Å². The van der Waals surface area contributed by atoms with Gasteiger partial charge >= 0.3 is 17.9 Å². The molecule has 1 unspecified atom stereocenters. The highest BCUT2D eigenvalue weighted by molar-refractivity contribution is 6.34. The standard InChI is InChI=1S/C58H92ClN5O17/c1-15-23-75-62-46-30(3)27-56(9,72)51(81-55-48(67)42(63(12)13)24-31(4)76-55)33(6)49(34(7)54(71)78-43(16-2)58(11,73)50(68)32(46)5)80-45-28-57(10,74-14)52(35(8)77-45)79-44(65)19-20-60-21-22-61-40-25-37-41(26-39(40)59)64(36-17-18-36)29-38(47(37)66)53(69)70/h25-26,29-36,42-43,45,48-52,55,60-61,67-68,72-73H,15-24,27-28H2,1-14H3,(H,69,70)/b62-46+/t30-,31-,32+,33+,34-,35+,42+,43-,45+,48-,49?,50-,51-,52+,55+,56-,57-,58-/m1/s1. The van der Waals surface area contributed by atoms with E-state index >= 15 is 0 Å². The number of hydrogen-bond donors (Lipinski definition) is 7. The first-order chi connectivity index (χ1) is 38.0. The van der Waals surface area contributed by atoms with Crippen molar-refractivity contribution in [3.63, 3.8) is 0 Å². The van der Waals surface area contributed by atoms with Crippen LogP contribution in [0.15, 0.2) is 28.3 Å². The molecule has 0 spiro atoms. The van der Waals surface area contributed by atoms with E-state index in [1.807, 2.05) is 44.3 Å². The van der Waals surface area contributed by atoms with E-state index in [2.05, 4.69) is 15.8 Å². The zero-order chi connectivity index (χ0) is 60.1. The number of nitrogens with zero attached hydrogens (tertiary/aromatic N) is 3. The van der Waals surface area contributed by atoms with Crippen LogP contribution in [-0.2, 0) is 47.6 Å². The normalized spacial score (nSPS) is 37.0. The van der Waals surface area contributed by atoms with E-state index in [1.54, 1.807) is 60.6 Å². The maximum atomic E-state index is 14.7. The fourth-order valence-corrected chi connectivity index (χ4v) is 12.4. The summed E-state index contributed by atoms with van der Waals surface area (Å²) in [6, 6.07) is 2.99. The van der Waals surface area contributed by atoms with E-state index < -0.39 is 119 Å². The molecule has 0 bridgehead atoms. The van der Waals surface area contributed by atoms with Gasteiger partial charge in [0.05, 0.1) is 70.4 Å². The molecule has 1 aliphatic carbocycles. The van der Waals surface area contributed by atoms with E-state index in [0.717, 1.165) is 12.8 Å². The van der Waals surface area contributed by atoms with E-state index in [0.29, 0.717) is 47.9 Å². The number of rotatable bonds is 20. The number of esters is 2. The van der Waals surface area contributed by atoms with Crippen LogP contribution in [0, 0.1) is 23.7 Å². The van der Waals surface area contributed by atoms with Crippen molar-refractivity contribution in [2.24, 2.45) is 28.8 Å². The lowest BCUT2D eigenvalue weighted by molar-refractivity contribution is -0.318. The van der Waals surface area contributed by atoms with Gasteiger partial charge in [-0.15, -0.1) is 0 Å².